The van der Waals surface area contributed by atoms with Crippen LogP contribution in [-0.2, 0) is 57.5 Å². The van der Waals surface area contributed by atoms with E-state index in [0.717, 1.165) is 64.4 Å². The Morgan fingerprint density at radius 3 is 1.62 bits per heavy atom. The van der Waals surface area contributed by atoms with E-state index in [2.05, 4.69) is 44.1 Å². The van der Waals surface area contributed by atoms with Crippen molar-refractivity contribution in [3.8, 4) is 0 Å². The predicted molar refractivity (Wildman–Crippen MR) is 290 cm³/mol. The van der Waals surface area contributed by atoms with E-state index in [1.807, 2.05) is 10.6 Å². The zero-order chi connectivity index (χ0) is 61.2. The molecular formula is C50H87ClN12O18. The highest BCUT2D eigenvalue weighted by atomic mass is 35.5. The first-order valence-corrected chi connectivity index (χ1v) is 27.8. The van der Waals surface area contributed by atoms with Gasteiger partial charge in [-0.1, -0.05) is 70.8 Å². The quantitative estimate of drug-likeness (QED) is 0.0158. The fraction of sp³-hybridized carbons (Fsp3) is 0.740. The molecule has 1 heterocycles. The van der Waals surface area contributed by atoms with Gasteiger partial charge in [0.05, 0.1) is 30.6 Å². The van der Waals surface area contributed by atoms with Gasteiger partial charge in [0.2, 0.25) is 47.3 Å². The molecule has 0 aromatic carbocycles. The SMILES string of the molecule is C/C=C1/NC(=O)[C@H]([C@H](C)O)NC(=O)[C@@H](CCCN)NC(=O)[C@@H](CCO)NC(=O)[C@H](CCN)NC(=O)[C@@H](CCN)NC(=O)[C@H](NC(=O)C[C@@H](O)CCCCCCCCCCC)COC(=O)[C@@H]([C@H](O)CCl)NC(=O)[C@@H]([C@@H](O)C(=O)O)NC1=O. The number of cyclic esters (lactones) is 1. The number of hydrogen-bond acceptors (Lipinski definition) is 20. The molecule has 1 rings (SSSR count). The van der Waals surface area contributed by atoms with Crippen molar-refractivity contribution in [2.45, 2.75) is 196 Å². The molecule has 81 heavy (non-hydrogen) atoms. The summed E-state index contributed by atoms with van der Waals surface area (Å²) >= 11 is 5.86. The number of carboxylic acid groups (broad SMARTS) is 1. The van der Waals surface area contributed by atoms with E-state index in [1.165, 1.54) is 6.92 Å². The van der Waals surface area contributed by atoms with Crippen molar-refractivity contribution in [1.82, 2.24) is 47.9 Å². The number of carbonyl (C=O) groups excluding carboxylic acids is 10. The van der Waals surface area contributed by atoms with Gasteiger partial charge < -0.3 is 100 Å². The number of nitrogens with two attached hydrogens (primary N) is 3. The molecule has 0 unspecified atom stereocenters. The lowest BCUT2D eigenvalue weighted by Gasteiger charge is -2.28. The Balaban J connectivity index is 3.94. The summed E-state index contributed by atoms with van der Waals surface area (Å²) in [6, 6.07) is -15.0. The molecule has 0 saturated carbocycles. The molecule has 9 amide bonds. The summed E-state index contributed by atoms with van der Waals surface area (Å²) in [5.74, 6) is -15.4. The number of aliphatic carboxylic acids is 1. The topological polar surface area (TPSA) is 505 Å². The van der Waals surface area contributed by atoms with E-state index in [-0.39, 0.29) is 51.7 Å². The monoisotopic (exact) mass is 1180 g/mol. The summed E-state index contributed by atoms with van der Waals surface area (Å²) in [6.45, 7) is 1.98. The van der Waals surface area contributed by atoms with Crippen LogP contribution in [0, 0.1) is 0 Å². The Labute approximate surface area is 475 Å². The van der Waals surface area contributed by atoms with Gasteiger partial charge in [-0.15, -0.1) is 11.6 Å². The number of nitrogens with one attached hydrogen (secondary N) is 9. The predicted octanol–water partition coefficient (Wildman–Crippen LogP) is -5.64. The van der Waals surface area contributed by atoms with E-state index in [9.17, 15) is 83.4 Å². The number of unbranched alkanes of at least 4 members (excludes halogenated alkanes) is 8. The molecule has 0 aromatic rings. The van der Waals surface area contributed by atoms with Crippen LogP contribution in [0.15, 0.2) is 11.8 Å². The molecule has 30 nitrogen and oxygen atoms in total. The third-order valence-electron chi connectivity index (χ3n) is 12.7. The van der Waals surface area contributed by atoms with Crippen LogP contribution in [0.4, 0.5) is 0 Å². The van der Waals surface area contributed by atoms with Crippen LogP contribution in [0.2, 0.25) is 0 Å². The van der Waals surface area contributed by atoms with Crippen LogP contribution < -0.4 is 65.1 Å². The first kappa shape index (κ1) is 72.9. The van der Waals surface area contributed by atoms with Gasteiger partial charge in [0.1, 0.15) is 54.6 Å². The number of esters is 1. The van der Waals surface area contributed by atoms with Crippen molar-refractivity contribution >= 4 is 76.7 Å². The number of carbonyl (C=O) groups is 11. The first-order chi connectivity index (χ1) is 38.4. The third-order valence-corrected chi connectivity index (χ3v) is 13.1. The lowest BCUT2D eigenvalue weighted by molar-refractivity contribution is -0.155. The lowest BCUT2D eigenvalue weighted by Crippen LogP contribution is -2.62. The summed E-state index contributed by atoms with van der Waals surface area (Å²) in [4.78, 5) is 150. The van der Waals surface area contributed by atoms with Gasteiger partial charge in [-0.25, -0.2) is 9.59 Å². The summed E-state index contributed by atoms with van der Waals surface area (Å²) < 4.78 is 5.29. The van der Waals surface area contributed by atoms with E-state index in [4.69, 9.17) is 33.5 Å². The Morgan fingerprint density at radius 1 is 0.642 bits per heavy atom. The molecule has 0 radical (unpaired) electrons. The number of allylic oxidation sites excluding steroid dienone is 1. The summed E-state index contributed by atoms with van der Waals surface area (Å²) in [5, 5.41) is 82.6. The van der Waals surface area contributed by atoms with Crippen molar-refractivity contribution in [3.05, 3.63) is 11.8 Å². The number of hydrogen-bond donors (Lipinski definition) is 18. The number of amides is 9. The van der Waals surface area contributed by atoms with Crippen LogP contribution in [0.1, 0.15) is 124 Å². The molecule has 1 fully saturated rings. The number of carboxylic acids is 1. The number of alkyl halides is 1. The molecule has 31 heteroatoms. The first-order valence-electron chi connectivity index (χ1n) is 27.2. The second kappa shape index (κ2) is 40.1. The standard InChI is InChI=1S/C50H87ClN12O18/c1-4-6-7-8-9-10-11-12-13-15-28(66)24-36(68)55-34-26-81-50(80)38(35(67)25-51)62-48(77)39(40(69)49(78)79)63-41(70)29(5-2)56-47(76)37(27(3)65)61-45(74)30(16-14-20-52)57-44(73)33(19-23-64)60-43(72)31(17-21-53)58-42(71)32(18-22-54)59-46(34)75/h5,27-28,30-35,37-40,64-67,69H,4,6-26,52-54H2,1-3H3,(H,55,68)(H,56,76)(H,57,73)(H,58,71)(H,59,75)(H,60,72)(H,61,74)(H,62,77)(H,63,70)(H,78,79)/b29-5+/t27-,28-,30+,31-,32+,33+,34+,35+,37-,38+,39+,40+/m0/s1. The van der Waals surface area contributed by atoms with Gasteiger partial charge in [0.15, 0.2) is 12.1 Å². The molecule has 0 aliphatic carbocycles. The number of aliphatic hydroxyl groups excluding tert-OH is 5. The van der Waals surface area contributed by atoms with Crippen LogP contribution in [0.25, 0.3) is 0 Å². The number of aliphatic hydroxyl groups is 5. The Bertz CT molecular complexity index is 2090. The van der Waals surface area contributed by atoms with Gasteiger partial charge in [-0.2, -0.15) is 0 Å². The number of ether oxygens (including phenoxy) is 1. The number of halogens is 1. The molecule has 0 aromatic heterocycles. The van der Waals surface area contributed by atoms with Crippen molar-refractivity contribution in [3.63, 3.8) is 0 Å². The molecule has 1 aliphatic rings. The van der Waals surface area contributed by atoms with Crippen molar-refractivity contribution in [2.75, 3.05) is 38.7 Å². The van der Waals surface area contributed by atoms with Crippen molar-refractivity contribution in [2.24, 2.45) is 17.2 Å². The lowest BCUT2D eigenvalue weighted by atomic mass is 10.0. The molecular weight excluding hydrogens is 1090 g/mol. The van der Waals surface area contributed by atoms with Gasteiger partial charge in [0, 0.05) is 6.61 Å². The Hall–Kier alpha value is -6.12. The van der Waals surface area contributed by atoms with Gasteiger partial charge in [-0.3, -0.25) is 43.2 Å². The molecule has 0 bridgehead atoms. The molecule has 12 atom stereocenters. The van der Waals surface area contributed by atoms with Gasteiger partial charge >= 0.3 is 11.9 Å². The van der Waals surface area contributed by atoms with Gasteiger partial charge in [0.25, 0.3) is 5.91 Å². The Kier molecular flexibility index (Phi) is 36.1. The average Bonchev–Trinajstić information content (AvgIpc) is 3.45. The highest BCUT2D eigenvalue weighted by Gasteiger charge is 2.40. The summed E-state index contributed by atoms with van der Waals surface area (Å²) in [7, 11) is 0. The second-order valence-corrected chi connectivity index (χ2v) is 19.7. The molecule has 21 N–H and O–H groups in total. The maximum absolute atomic E-state index is 14.1. The fourth-order valence-electron chi connectivity index (χ4n) is 8.07. The van der Waals surface area contributed by atoms with Crippen LogP contribution in [0.3, 0.4) is 0 Å². The minimum absolute atomic E-state index is 0.0187. The Morgan fingerprint density at radius 2 is 1.14 bits per heavy atom. The van der Waals surface area contributed by atoms with Gasteiger partial charge in [-0.05, 0) is 72.0 Å². The average molecular weight is 1180 g/mol. The van der Waals surface area contributed by atoms with Crippen LogP contribution in [0.5, 0.6) is 0 Å². The minimum atomic E-state index is -2.81. The fourth-order valence-corrected chi connectivity index (χ4v) is 8.25. The maximum Gasteiger partial charge on any atom is 0.335 e. The van der Waals surface area contributed by atoms with Crippen molar-refractivity contribution < 1.29 is 88.1 Å². The maximum atomic E-state index is 14.1. The largest absolute Gasteiger partial charge is 0.479 e. The number of rotatable bonds is 27. The second-order valence-electron chi connectivity index (χ2n) is 19.4. The third kappa shape index (κ3) is 27.0. The van der Waals surface area contributed by atoms with E-state index in [1.54, 1.807) is 0 Å². The van der Waals surface area contributed by atoms with E-state index in [0.29, 0.717) is 6.42 Å². The normalized spacial score (nSPS) is 24.9. The van der Waals surface area contributed by atoms with Crippen LogP contribution in [-0.4, -0.2) is 207 Å². The molecule has 0 spiro atoms. The molecule has 462 valence electrons. The zero-order valence-corrected chi connectivity index (χ0v) is 47.0. The molecule has 1 saturated heterocycles. The highest BCUT2D eigenvalue weighted by molar-refractivity contribution is 6.18. The van der Waals surface area contributed by atoms with E-state index < -0.39 is 175 Å². The summed E-state index contributed by atoms with van der Waals surface area (Å²) in [6.07, 6.45) is 0.389. The highest BCUT2D eigenvalue weighted by Crippen LogP contribution is 2.14. The van der Waals surface area contributed by atoms with Crippen molar-refractivity contribution in [1.29, 1.82) is 0 Å². The van der Waals surface area contributed by atoms with E-state index >= 15 is 0 Å². The van der Waals surface area contributed by atoms with Crippen LogP contribution >= 0.6 is 11.6 Å². The summed E-state index contributed by atoms with van der Waals surface area (Å²) in [5.41, 5.74) is 16.5. The molecule has 1 aliphatic heterocycles. The smallest absolute Gasteiger partial charge is 0.335 e. The minimum Gasteiger partial charge on any atom is -0.479 e. The zero-order valence-electron chi connectivity index (χ0n) is 46.3.